The third kappa shape index (κ3) is 2.88. The highest BCUT2D eigenvalue weighted by Gasteiger charge is 2.15. The summed E-state index contributed by atoms with van der Waals surface area (Å²) in [4.78, 5) is 4.86. The van der Waals surface area contributed by atoms with Crippen molar-refractivity contribution < 1.29 is 0 Å². The molecule has 1 saturated heterocycles. The summed E-state index contributed by atoms with van der Waals surface area (Å²) in [6.07, 6.45) is 6.23. The molecule has 1 aliphatic heterocycles. The van der Waals surface area contributed by atoms with Gasteiger partial charge in [-0.2, -0.15) is 0 Å². The third-order valence-electron chi connectivity index (χ3n) is 4.42. The van der Waals surface area contributed by atoms with Gasteiger partial charge < -0.3 is 9.88 Å². The number of fused-ring (bicyclic) bond motifs is 1. The molecular formula is C17H25N3. The van der Waals surface area contributed by atoms with E-state index in [2.05, 4.69) is 41.1 Å². The van der Waals surface area contributed by atoms with Gasteiger partial charge in [0.2, 0.25) is 0 Å². The molecule has 0 amide bonds. The van der Waals surface area contributed by atoms with Gasteiger partial charge in [0.15, 0.2) is 0 Å². The van der Waals surface area contributed by atoms with E-state index in [0.717, 1.165) is 24.4 Å². The molecule has 108 valence electrons. The smallest absolute Gasteiger partial charge is 0.109 e. The lowest BCUT2D eigenvalue weighted by Gasteiger charge is -2.22. The summed E-state index contributed by atoms with van der Waals surface area (Å²) in [7, 11) is 0. The van der Waals surface area contributed by atoms with Crippen LogP contribution < -0.4 is 5.32 Å². The first-order valence-electron chi connectivity index (χ1n) is 8.03. The summed E-state index contributed by atoms with van der Waals surface area (Å²) >= 11 is 0. The first kappa shape index (κ1) is 13.6. The molecule has 0 saturated carbocycles. The lowest BCUT2D eigenvalue weighted by Crippen LogP contribution is -2.28. The Kier molecular flexibility index (Phi) is 4.36. The van der Waals surface area contributed by atoms with Crippen LogP contribution in [0.15, 0.2) is 24.3 Å². The highest BCUT2D eigenvalue weighted by atomic mass is 15.1. The highest BCUT2D eigenvalue weighted by Crippen LogP contribution is 2.22. The van der Waals surface area contributed by atoms with Gasteiger partial charge in [-0.3, -0.25) is 0 Å². The summed E-state index contributed by atoms with van der Waals surface area (Å²) in [5.41, 5.74) is 2.45. The molecule has 1 fully saturated rings. The number of benzene rings is 1. The van der Waals surface area contributed by atoms with Gasteiger partial charge >= 0.3 is 0 Å². The molecule has 1 aromatic carbocycles. The van der Waals surface area contributed by atoms with Crippen LogP contribution in [0, 0.1) is 5.92 Å². The Bertz CT molecular complexity index is 552. The number of imidazole rings is 1. The van der Waals surface area contributed by atoms with Gasteiger partial charge in [0.1, 0.15) is 5.82 Å². The quantitative estimate of drug-likeness (QED) is 0.903. The second-order valence-electron chi connectivity index (χ2n) is 5.90. The molecule has 0 aliphatic carbocycles. The molecule has 0 radical (unpaired) electrons. The Labute approximate surface area is 121 Å². The van der Waals surface area contributed by atoms with Gasteiger partial charge in [-0.05, 0) is 56.8 Å². The van der Waals surface area contributed by atoms with Crippen LogP contribution in [0.5, 0.6) is 0 Å². The zero-order valence-corrected chi connectivity index (χ0v) is 12.4. The number of nitrogens with one attached hydrogen (secondary N) is 1. The van der Waals surface area contributed by atoms with Gasteiger partial charge in [0.25, 0.3) is 0 Å². The molecule has 1 aliphatic rings. The van der Waals surface area contributed by atoms with Gasteiger partial charge in [-0.1, -0.05) is 19.1 Å². The molecule has 3 rings (SSSR count). The zero-order valence-electron chi connectivity index (χ0n) is 12.4. The van der Waals surface area contributed by atoms with E-state index in [-0.39, 0.29) is 0 Å². The fraction of sp³-hybridized carbons (Fsp3) is 0.588. The van der Waals surface area contributed by atoms with Crippen molar-refractivity contribution in [2.45, 2.75) is 45.6 Å². The number of rotatable bonds is 5. The van der Waals surface area contributed by atoms with Gasteiger partial charge in [-0.15, -0.1) is 0 Å². The first-order valence-corrected chi connectivity index (χ1v) is 8.03. The van der Waals surface area contributed by atoms with Crippen molar-refractivity contribution in [3.63, 3.8) is 0 Å². The Balaban J connectivity index is 1.77. The third-order valence-corrected chi connectivity index (χ3v) is 4.42. The van der Waals surface area contributed by atoms with Crippen LogP contribution in [0.2, 0.25) is 0 Å². The van der Waals surface area contributed by atoms with E-state index in [1.54, 1.807) is 0 Å². The minimum atomic E-state index is 0.881. The van der Waals surface area contributed by atoms with Crippen LogP contribution in [-0.2, 0) is 13.0 Å². The molecule has 0 atom stereocenters. The Morgan fingerprint density at radius 1 is 1.25 bits per heavy atom. The van der Waals surface area contributed by atoms with Crippen molar-refractivity contribution in [3.05, 3.63) is 30.1 Å². The zero-order chi connectivity index (χ0) is 13.8. The average molecular weight is 271 g/mol. The number of aryl methyl sites for hydroxylation is 2. The van der Waals surface area contributed by atoms with E-state index in [0.29, 0.717) is 0 Å². The van der Waals surface area contributed by atoms with Crippen LogP contribution >= 0.6 is 0 Å². The summed E-state index contributed by atoms with van der Waals surface area (Å²) < 4.78 is 2.43. The first-order chi connectivity index (χ1) is 9.88. The molecule has 3 nitrogen and oxygen atoms in total. The standard InChI is InChI=1S/C17H25N3/c1-2-13-20-16-6-4-3-5-15(16)19-17(20)8-7-14-9-11-18-12-10-14/h3-6,14,18H,2,7-13H2,1H3. The van der Waals surface area contributed by atoms with Crippen LogP contribution in [0.4, 0.5) is 0 Å². The lowest BCUT2D eigenvalue weighted by atomic mass is 9.93. The number of aromatic nitrogens is 2. The second kappa shape index (κ2) is 6.40. The molecule has 0 unspecified atom stereocenters. The monoisotopic (exact) mass is 271 g/mol. The van der Waals surface area contributed by atoms with E-state index in [1.807, 2.05) is 0 Å². The van der Waals surface area contributed by atoms with Gasteiger partial charge in [0.05, 0.1) is 11.0 Å². The largest absolute Gasteiger partial charge is 0.328 e. The number of para-hydroxylation sites is 2. The summed E-state index contributed by atoms with van der Waals surface area (Å²) in [5, 5.41) is 3.45. The molecule has 3 heteroatoms. The molecule has 1 aromatic heterocycles. The predicted octanol–water partition coefficient (Wildman–Crippen LogP) is 3.38. The van der Waals surface area contributed by atoms with Gasteiger partial charge in [0, 0.05) is 13.0 Å². The molecule has 0 bridgehead atoms. The second-order valence-corrected chi connectivity index (χ2v) is 5.90. The normalized spacial score (nSPS) is 16.9. The molecule has 2 heterocycles. The lowest BCUT2D eigenvalue weighted by molar-refractivity contribution is 0.351. The highest BCUT2D eigenvalue weighted by molar-refractivity contribution is 5.75. The van der Waals surface area contributed by atoms with Crippen molar-refractivity contribution in [2.75, 3.05) is 13.1 Å². The summed E-state index contributed by atoms with van der Waals surface area (Å²) in [5.74, 6) is 2.16. The Morgan fingerprint density at radius 2 is 2.05 bits per heavy atom. The maximum atomic E-state index is 4.86. The molecule has 0 spiro atoms. The van der Waals surface area contributed by atoms with E-state index >= 15 is 0 Å². The fourth-order valence-electron chi connectivity index (χ4n) is 3.29. The van der Waals surface area contributed by atoms with Crippen LogP contribution in [0.25, 0.3) is 11.0 Å². The number of piperidine rings is 1. The Hall–Kier alpha value is -1.35. The van der Waals surface area contributed by atoms with E-state index in [9.17, 15) is 0 Å². The fourth-order valence-corrected chi connectivity index (χ4v) is 3.29. The topological polar surface area (TPSA) is 29.9 Å². The van der Waals surface area contributed by atoms with Crippen molar-refractivity contribution in [3.8, 4) is 0 Å². The number of hydrogen-bond donors (Lipinski definition) is 1. The average Bonchev–Trinajstić information content (AvgIpc) is 2.85. The molecule has 20 heavy (non-hydrogen) atoms. The SMILES string of the molecule is CCCn1c(CCC2CCNCC2)nc2ccccc21. The van der Waals surface area contributed by atoms with Crippen molar-refractivity contribution in [2.24, 2.45) is 5.92 Å². The minimum Gasteiger partial charge on any atom is -0.328 e. The van der Waals surface area contributed by atoms with Crippen molar-refractivity contribution in [1.82, 2.24) is 14.9 Å². The molecule has 1 N–H and O–H groups in total. The van der Waals surface area contributed by atoms with Crippen LogP contribution in [0.1, 0.15) is 38.4 Å². The van der Waals surface area contributed by atoms with Gasteiger partial charge in [-0.25, -0.2) is 4.98 Å². The van der Waals surface area contributed by atoms with Crippen LogP contribution in [-0.4, -0.2) is 22.6 Å². The summed E-state index contributed by atoms with van der Waals surface area (Å²) in [6, 6.07) is 8.54. The number of hydrogen-bond acceptors (Lipinski definition) is 2. The van der Waals surface area contributed by atoms with E-state index in [4.69, 9.17) is 4.98 Å². The Morgan fingerprint density at radius 3 is 2.85 bits per heavy atom. The molecular weight excluding hydrogens is 246 g/mol. The maximum Gasteiger partial charge on any atom is 0.109 e. The van der Waals surface area contributed by atoms with Crippen molar-refractivity contribution >= 4 is 11.0 Å². The maximum absolute atomic E-state index is 4.86. The minimum absolute atomic E-state index is 0.881. The van der Waals surface area contributed by atoms with Crippen molar-refractivity contribution in [1.29, 1.82) is 0 Å². The number of nitrogens with zero attached hydrogens (tertiary/aromatic N) is 2. The van der Waals surface area contributed by atoms with E-state index in [1.165, 1.54) is 50.1 Å². The van der Waals surface area contributed by atoms with E-state index < -0.39 is 0 Å². The predicted molar refractivity (Wildman–Crippen MR) is 83.9 cm³/mol. The van der Waals surface area contributed by atoms with Crippen LogP contribution in [0.3, 0.4) is 0 Å². The molecule has 2 aromatic rings. The summed E-state index contributed by atoms with van der Waals surface area (Å²) in [6.45, 7) is 5.71.